The third-order valence-corrected chi connectivity index (χ3v) is 8.55. The number of hydrogen-bond donors (Lipinski definition) is 0. The first-order chi connectivity index (χ1) is 16.2. The first-order valence-corrected chi connectivity index (χ1v) is 13.1. The van der Waals surface area contributed by atoms with E-state index < -0.39 is 0 Å². The molecule has 0 radical (unpaired) electrons. The number of hydrogen-bond acceptors (Lipinski definition) is 8. The number of thioether (sulfide) groups is 1. The maximum atomic E-state index is 13.1. The number of nitrogens with zero attached hydrogens (tertiary/aromatic N) is 4. The molecule has 0 N–H and O–H groups in total. The Bertz CT molecular complexity index is 1390. The van der Waals surface area contributed by atoms with E-state index in [2.05, 4.69) is 14.6 Å². The fourth-order valence-corrected chi connectivity index (χ4v) is 6.69. The van der Waals surface area contributed by atoms with Crippen LogP contribution < -0.4 is 9.47 Å². The Hall–Kier alpha value is -2.65. The number of Topliss-reactive ketones (excluding diaryl/α,β-unsaturated/α-hetero) is 1. The maximum Gasteiger partial charge on any atom is 0.197 e. The van der Waals surface area contributed by atoms with Gasteiger partial charge in [-0.3, -0.25) is 9.20 Å². The number of rotatable bonds is 7. The summed E-state index contributed by atoms with van der Waals surface area (Å²) in [6, 6.07) is 5.27. The molecule has 0 amide bonds. The van der Waals surface area contributed by atoms with Gasteiger partial charge in [0, 0.05) is 10.8 Å². The zero-order chi connectivity index (χ0) is 22.5. The summed E-state index contributed by atoms with van der Waals surface area (Å²) in [5.74, 6) is 2.84. The van der Waals surface area contributed by atoms with Gasteiger partial charge in [-0.15, -0.1) is 21.5 Å². The molecule has 0 saturated heterocycles. The molecule has 2 aliphatic rings. The van der Waals surface area contributed by atoms with Crippen LogP contribution in [0.1, 0.15) is 58.2 Å². The Kier molecular flexibility index (Phi) is 5.25. The fraction of sp³-hybridized carbons (Fsp3) is 0.417. The molecule has 0 aliphatic heterocycles. The van der Waals surface area contributed by atoms with Crippen LogP contribution >= 0.6 is 23.1 Å². The number of ketones is 1. The molecule has 0 unspecified atom stereocenters. The van der Waals surface area contributed by atoms with E-state index in [0.717, 1.165) is 47.1 Å². The van der Waals surface area contributed by atoms with Gasteiger partial charge in [0.2, 0.25) is 0 Å². The van der Waals surface area contributed by atoms with Gasteiger partial charge in [0.1, 0.15) is 22.2 Å². The average molecular weight is 481 g/mol. The molecule has 4 aromatic rings. The zero-order valence-corrected chi connectivity index (χ0v) is 20.2. The third-order valence-electron chi connectivity index (χ3n) is 6.44. The second-order valence-electron chi connectivity index (χ2n) is 8.55. The Balaban J connectivity index is 1.38. The summed E-state index contributed by atoms with van der Waals surface area (Å²) >= 11 is 3.23. The van der Waals surface area contributed by atoms with E-state index in [1.807, 2.05) is 11.3 Å². The van der Waals surface area contributed by atoms with Crippen molar-refractivity contribution in [2.24, 2.45) is 0 Å². The van der Waals surface area contributed by atoms with E-state index in [1.54, 1.807) is 32.4 Å². The number of carbonyl (C=O) groups is 1. The Morgan fingerprint density at radius 1 is 1.18 bits per heavy atom. The maximum absolute atomic E-state index is 13.1. The summed E-state index contributed by atoms with van der Waals surface area (Å²) in [4.78, 5) is 20.7. The van der Waals surface area contributed by atoms with Crippen molar-refractivity contribution in [2.75, 3.05) is 20.0 Å². The SMILES string of the molecule is COc1ccc(OC)c(C(=O)CSc2nnc3c4c5c(sc4nc(C4CC4)n23)CCCC5)c1. The molecule has 1 saturated carbocycles. The monoisotopic (exact) mass is 480 g/mol. The van der Waals surface area contributed by atoms with Crippen molar-refractivity contribution in [1.29, 1.82) is 0 Å². The Morgan fingerprint density at radius 2 is 2.03 bits per heavy atom. The van der Waals surface area contributed by atoms with Crippen molar-refractivity contribution in [3.05, 3.63) is 40.0 Å². The average Bonchev–Trinajstić information content (AvgIpc) is 3.50. The number of aryl methyl sites for hydroxylation is 2. The van der Waals surface area contributed by atoms with Gasteiger partial charge < -0.3 is 9.47 Å². The van der Waals surface area contributed by atoms with Crippen LogP contribution in [0, 0.1) is 0 Å². The van der Waals surface area contributed by atoms with Crippen LogP contribution in [0.15, 0.2) is 23.4 Å². The molecule has 2 aliphatic carbocycles. The third kappa shape index (κ3) is 3.58. The van der Waals surface area contributed by atoms with Crippen molar-refractivity contribution in [1.82, 2.24) is 19.6 Å². The second-order valence-corrected chi connectivity index (χ2v) is 10.6. The number of fused-ring (bicyclic) bond motifs is 5. The van der Waals surface area contributed by atoms with E-state index in [1.165, 1.54) is 40.4 Å². The largest absolute Gasteiger partial charge is 0.497 e. The van der Waals surface area contributed by atoms with Gasteiger partial charge in [-0.05, 0) is 62.3 Å². The molecule has 1 aromatic carbocycles. The summed E-state index contributed by atoms with van der Waals surface area (Å²) < 4.78 is 12.8. The standard InChI is InChI=1S/C24H24N4O3S2/c1-30-14-9-10-18(31-2)16(11-14)17(29)12-32-24-27-26-22-20-15-5-3-4-6-19(15)33-23(20)25-21(28(22)24)13-7-8-13/h9-11,13H,3-8,12H2,1-2H3. The van der Waals surface area contributed by atoms with Gasteiger partial charge in [0.05, 0.1) is 30.9 Å². The van der Waals surface area contributed by atoms with Crippen LogP contribution in [0.2, 0.25) is 0 Å². The van der Waals surface area contributed by atoms with Crippen molar-refractivity contribution < 1.29 is 14.3 Å². The number of carbonyl (C=O) groups excluding carboxylic acids is 1. The predicted molar refractivity (Wildman–Crippen MR) is 129 cm³/mol. The first kappa shape index (κ1) is 20.9. The number of methoxy groups -OCH3 is 2. The Morgan fingerprint density at radius 3 is 2.82 bits per heavy atom. The van der Waals surface area contributed by atoms with Crippen LogP contribution in [0.5, 0.6) is 11.5 Å². The number of aromatic nitrogens is 4. The molecule has 0 spiro atoms. The van der Waals surface area contributed by atoms with Crippen molar-refractivity contribution in [2.45, 2.75) is 49.6 Å². The van der Waals surface area contributed by atoms with E-state index in [9.17, 15) is 4.79 Å². The summed E-state index contributed by atoms with van der Waals surface area (Å²) in [5.41, 5.74) is 2.81. The topological polar surface area (TPSA) is 78.6 Å². The normalized spacial score (nSPS) is 15.7. The number of benzene rings is 1. The zero-order valence-electron chi connectivity index (χ0n) is 18.6. The lowest BCUT2D eigenvalue weighted by molar-refractivity contribution is 0.101. The molecule has 33 heavy (non-hydrogen) atoms. The Labute approximate surface area is 199 Å². The van der Waals surface area contributed by atoms with E-state index >= 15 is 0 Å². The molecule has 170 valence electrons. The van der Waals surface area contributed by atoms with Gasteiger partial charge in [-0.25, -0.2) is 4.98 Å². The number of thiophene rings is 1. The summed E-state index contributed by atoms with van der Waals surface area (Å²) in [5, 5.41) is 11.0. The molecular formula is C24H24N4O3S2. The molecular weight excluding hydrogens is 456 g/mol. The highest BCUT2D eigenvalue weighted by Gasteiger charge is 2.32. The van der Waals surface area contributed by atoms with E-state index in [-0.39, 0.29) is 11.5 Å². The predicted octanol–water partition coefficient (Wildman–Crippen LogP) is 5.09. The minimum atomic E-state index is -0.0394. The molecule has 9 heteroatoms. The van der Waals surface area contributed by atoms with Gasteiger partial charge in [-0.1, -0.05) is 11.8 Å². The summed E-state index contributed by atoms with van der Waals surface area (Å²) in [6.07, 6.45) is 6.95. The lowest BCUT2D eigenvalue weighted by atomic mass is 9.97. The minimum Gasteiger partial charge on any atom is -0.497 e. The fourth-order valence-electron chi connectivity index (χ4n) is 4.60. The van der Waals surface area contributed by atoms with Crippen molar-refractivity contribution >= 4 is 44.7 Å². The quantitative estimate of drug-likeness (QED) is 0.269. The van der Waals surface area contributed by atoms with Crippen LogP contribution in [0.25, 0.3) is 15.9 Å². The van der Waals surface area contributed by atoms with E-state index in [0.29, 0.717) is 23.0 Å². The van der Waals surface area contributed by atoms with Gasteiger partial charge in [0.15, 0.2) is 16.6 Å². The van der Waals surface area contributed by atoms with Crippen LogP contribution in [-0.4, -0.2) is 45.3 Å². The smallest absolute Gasteiger partial charge is 0.197 e. The second kappa shape index (κ2) is 8.29. The van der Waals surface area contributed by atoms with Gasteiger partial charge in [0.25, 0.3) is 0 Å². The molecule has 3 aromatic heterocycles. The van der Waals surface area contributed by atoms with Crippen LogP contribution in [0.4, 0.5) is 0 Å². The summed E-state index contributed by atoms with van der Waals surface area (Å²) in [6.45, 7) is 0. The number of ether oxygens (including phenoxy) is 2. The van der Waals surface area contributed by atoms with Crippen LogP contribution in [0.3, 0.4) is 0 Å². The molecule has 1 fully saturated rings. The highest BCUT2D eigenvalue weighted by atomic mass is 32.2. The lowest BCUT2D eigenvalue weighted by Gasteiger charge is -2.11. The molecule has 3 heterocycles. The van der Waals surface area contributed by atoms with Crippen molar-refractivity contribution in [3.63, 3.8) is 0 Å². The van der Waals surface area contributed by atoms with E-state index in [4.69, 9.17) is 14.5 Å². The first-order valence-electron chi connectivity index (χ1n) is 11.2. The van der Waals surface area contributed by atoms with Crippen molar-refractivity contribution in [3.8, 4) is 11.5 Å². The lowest BCUT2D eigenvalue weighted by Crippen LogP contribution is -2.07. The van der Waals surface area contributed by atoms with Gasteiger partial charge >= 0.3 is 0 Å². The highest BCUT2D eigenvalue weighted by Crippen LogP contribution is 2.44. The summed E-state index contributed by atoms with van der Waals surface area (Å²) in [7, 11) is 3.15. The van der Waals surface area contributed by atoms with Crippen LogP contribution in [-0.2, 0) is 12.8 Å². The minimum absolute atomic E-state index is 0.0394. The molecule has 0 bridgehead atoms. The highest BCUT2D eigenvalue weighted by molar-refractivity contribution is 7.99. The van der Waals surface area contributed by atoms with Gasteiger partial charge in [-0.2, -0.15) is 0 Å². The molecule has 7 nitrogen and oxygen atoms in total. The molecule has 6 rings (SSSR count). The molecule has 0 atom stereocenters.